The van der Waals surface area contributed by atoms with Crippen LogP contribution < -0.4 is 4.74 Å². The van der Waals surface area contributed by atoms with Crippen molar-refractivity contribution in [3.8, 4) is 11.8 Å². The zero-order valence-corrected chi connectivity index (χ0v) is 11.4. The van der Waals surface area contributed by atoms with Gasteiger partial charge in [0, 0.05) is 19.2 Å². The summed E-state index contributed by atoms with van der Waals surface area (Å²) < 4.78 is 5.23. The van der Waals surface area contributed by atoms with Crippen molar-refractivity contribution >= 4 is 11.8 Å². The van der Waals surface area contributed by atoms with E-state index in [-0.39, 0.29) is 31.4 Å². The Morgan fingerprint density at radius 1 is 1.30 bits per heavy atom. The number of nitriles is 1. The van der Waals surface area contributed by atoms with Gasteiger partial charge in [-0.05, 0) is 18.2 Å². The summed E-state index contributed by atoms with van der Waals surface area (Å²) in [6, 6.07) is 7.07. The lowest BCUT2D eigenvalue weighted by atomic mass is 10.1. The van der Waals surface area contributed by atoms with E-state index >= 15 is 0 Å². The lowest BCUT2D eigenvalue weighted by Gasteiger charge is -2.32. The van der Waals surface area contributed by atoms with Gasteiger partial charge in [0.15, 0.2) is 0 Å². The Morgan fingerprint density at radius 2 is 2.05 bits per heavy atom. The number of likely N-dealkylation sites (N-methyl/N-ethyl adjacent to an activating group) is 1. The number of piperazine rings is 1. The van der Waals surface area contributed by atoms with E-state index in [4.69, 9.17) is 10.00 Å². The predicted molar refractivity (Wildman–Crippen MR) is 70.8 cm³/mol. The molecule has 0 spiro atoms. The largest absolute Gasteiger partial charge is 0.496 e. The van der Waals surface area contributed by atoms with Crippen LogP contribution in [0.5, 0.6) is 5.75 Å². The van der Waals surface area contributed by atoms with Crippen molar-refractivity contribution in [2.24, 2.45) is 0 Å². The van der Waals surface area contributed by atoms with Gasteiger partial charge in [-0.2, -0.15) is 5.26 Å². The highest BCUT2D eigenvalue weighted by Crippen LogP contribution is 2.22. The van der Waals surface area contributed by atoms with Crippen LogP contribution in [0.4, 0.5) is 0 Å². The van der Waals surface area contributed by atoms with Gasteiger partial charge < -0.3 is 14.5 Å². The molecule has 6 nitrogen and oxygen atoms in total. The van der Waals surface area contributed by atoms with E-state index in [0.717, 1.165) is 5.56 Å². The third-order valence-electron chi connectivity index (χ3n) is 3.25. The van der Waals surface area contributed by atoms with Crippen molar-refractivity contribution in [3.05, 3.63) is 29.3 Å². The van der Waals surface area contributed by atoms with E-state index in [1.807, 2.05) is 6.07 Å². The fourth-order valence-corrected chi connectivity index (χ4v) is 2.08. The molecule has 2 amide bonds. The van der Waals surface area contributed by atoms with Crippen molar-refractivity contribution in [2.75, 3.05) is 27.2 Å². The minimum atomic E-state index is -0.114. The maximum Gasteiger partial charge on any atom is 0.242 e. The smallest absolute Gasteiger partial charge is 0.242 e. The van der Waals surface area contributed by atoms with Gasteiger partial charge in [0.1, 0.15) is 12.3 Å². The minimum Gasteiger partial charge on any atom is -0.496 e. The Balaban J connectivity index is 2.23. The Kier molecular flexibility index (Phi) is 3.89. The zero-order chi connectivity index (χ0) is 14.7. The van der Waals surface area contributed by atoms with E-state index in [2.05, 4.69) is 0 Å². The molecule has 0 radical (unpaired) electrons. The van der Waals surface area contributed by atoms with Gasteiger partial charge in [-0.1, -0.05) is 0 Å². The first kappa shape index (κ1) is 13.9. The summed E-state index contributed by atoms with van der Waals surface area (Å²) >= 11 is 0. The number of carbonyl (C=O) groups excluding carboxylic acids is 2. The van der Waals surface area contributed by atoms with Crippen LogP contribution >= 0.6 is 0 Å². The molecule has 2 rings (SSSR count). The molecule has 104 valence electrons. The van der Waals surface area contributed by atoms with Crippen LogP contribution in [-0.4, -0.2) is 48.9 Å². The molecule has 0 saturated carbocycles. The molecule has 1 heterocycles. The Hall–Kier alpha value is -2.55. The lowest BCUT2D eigenvalue weighted by molar-refractivity contribution is -0.149. The molecule has 0 bridgehead atoms. The van der Waals surface area contributed by atoms with Gasteiger partial charge in [-0.25, -0.2) is 0 Å². The van der Waals surface area contributed by atoms with E-state index in [1.165, 1.54) is 16.9 Å². The molecule has 1 aliphatic rings. The first-order valence-corrected chi connectivity index (χ1v) is 6.14. The summed E-state index contributed by atoms with van der Waals surface area (Å²) in [7, 11) is 3.14. The number of nitrogens with zero attached hydrogens (tertiary/aromatic N) is 3. The average Bonchev–Trinajstić information content (AvgIpc) is 2.44. The third-order valence-corrected chi connectivity index (χ3v) is 3.25. The normalized spacial score (nSPS) is 15.2. The van der Waals surface area contributed by atoms with E-state index in [9.17, 15) is 9.59 Å². The van der Waals surface area contributed by atoms with Crippen molar-refractivity contribution < 1.29 is 14.3 Å². The molecule has 6 heteroatoms. The average molecular weight is 273 g/mol. The fraction of sp³-hybridized carbons (Fsp3) is 0.357. The molecular weight excluding hydrogens is 258 g/mol. The van der Waals surface area contributed by atoms with Gasteiger partial charge in [0.05, 0.1) is 25.3 Å². The second kappa shape index (κ2) is 5.61. The third kappa shape index (κ3) is 2.72. The highest BCUT2D eigenvalue weighted by molar-refractivity contribution is 5.92. The van der Waals surface area contributed by atoms with Crippen LogP contribution in [0.25, 0.3) is 0 Å². The quantitative estimate of drug-likeness (QED) is 0.797. The van der Waals surface area contributed by atoms with Gasteiger partial charge in [-0.3, -0.25) is 9.59 Å². The number of hydrogen-bond acceptors (Lipinski definition) is 4. The molecule has 0 atom stereocenters. The van der Waals surface area contributed by atoms with Crippen LogP contribution in [-0.2, 0) is 16.1 Å². The monoisotopic (exact) mass is 273 g/mol. The minimum absolute atomic E-state index is 0.0509. The highest BCUT2D eigenvalue weighted by atomic mass is 16.5. The number of amides is 2. The fourth-order valence-electron chi connectivity index (χ4n) is 2.08. The van der Waals surface area contributed by atoms with Crippen molar-refractivity contribution in [1.82, 2.24) is 9.80 Å². The molecule has 0 unspecified atom stereocenters. The van der Waals surface area contributed by atoms with Gasteiger partial charge in [0.25, 0.3) is 0 Å². The van der Waals surface area contributed by atoms with Crippen LogP contribution in [0.15, 0.2) is 18.2 Å². The van der Waals surface area contributed by atoms with E-state index in [1.54, 1.807) is 25.2 Å². The SMILES string of the molecule is COc1ccc(C#N)cc1CN1CC(=O)N(C)CC1=O. The molecule has 1 fully saturated rings. The molecule has 1 aromatic carbocycles. The Morgan fingerprint density at radius 3 is 2.70 bits per heavy atom. The van der Waals surface area contributed by atoms with Gasteiger partial charge in [0.2, 0.25) is 11.8 Å². The lowest BCUT2D eigenvalue weighted by Crippen LogP contribution is -2.51. The number of methoxy groups -OCH3 is 1. The first-order chi connectivity index (χ1) is 9.55. The Labute approximate surface area is 117 Å². The van der Waals surface area contributed by atoms with E-state index in [0.29, 0.717) is 11.3 Å². The molecule has 1 aliphatic heterocycles. The number of carbonyl (C=O) groups is 2. The zero-order valence-electron chi connectivity index (χ0n) is 11.4. The first-order valence-electron chi connectivity index (χ1n) is 6.14. The summed E-state index contributed by atoms with van der Waals surface area (Å²) in [6.07, 6.45) is 0. The van der Waals surface area contributed by atoms with E-state index < -0.39 is 0 Å². The second-order valence-electron chi connectivity index (χ2n) is 4.64. The maximum atomic E-state index is 11.9. The standard InChI is InChI=1S/C14H15N3O3/c1-16-8-14(19)17(9-13(16)18)7-11-5-10(6-15)3-4-12(11)20-2/h3-5H,7-9H2,1-2H3. The highest BCUT2D eigenvalue weighted by Gasteiger charge is 2.28. The van der Waals surface area contributed by atoms with Crippen LogP contribution in [0.3, 0.4) is 0 Å². The summed E-state index contributed by atoms with van der Waals surface area (Å²) in [4.78, 5) is 26.5. The Bertz CT molecular complexity index is 592. The van der Waals surface area contributed by atoms with Crippen molar-refractivity contribution in [3.63, 3.8) is 0 Å². The summed E-state index contributed by atoms with van der Waals surface area (Å²) in [5.41, 5.74) is 1.21. The van der Waals surface area contributed by atoms with Crippen molar-refractivity contribution in [2.45, 2.75) is 6.54 Å². The summed E-state index contributed by atoms with van der Waals surface area (Å²) in [5.74, 6) is 0.389. The number of benzene rings is 1. The number of ether oxygens (including phenoxy) is 1. The number of hydrogen-bond donors (Lipinski definition) is 0. The summed E-state index contributed by atoms with van der Waals surface area (Å²) in [5, 5.41) is 8.93. The van der Waals surface area contributed by atoms with Crippen LogP contribution in [0, 0.1) is 11.3 Å². The van der Waals surface area contributed by atoms with Crippen molar-refractivity contribution in [1.29, 1.82) is 5.26 Å². The molecule has 1 saturated heterocycles. The maximum absolute atomic E-state index is 11.9. The predicted octanol–water partition coefficient (Wildman–Crippen LogP) is 0.367. The van der Waals surface area contributed by atoms with Gasteiger partial charge in [-0.15, -0.1) is 0 Å². The molecule has 0 aromatic heterocycles. The van der Waals surface area contributed by atoms with Crippen LogP contribution in [0.2, 0.25) is 0 Å². The van der Waals surface area contributed by atoms with Crippen LogP contribution in [0.1, 0.15) is 11.1 Å². The molecule has 0 aliphatic carbocycles. The summed E-state index contributed by atoms with van der Waals surface area (Å²) in [6.45, 7) is 0.394. The molecule has 20 heavy (non-hydrogen) atoms. The molecule has 0 N–H and O–H groups in total. The topological polar surface area (TPSA) is 73.6 Å². The number of rotatable bonds is 3. The molecular formula is C14H15N3O3. The second-order valence-corrected chi connectivity index (χ2v) is 4.64. The van der Waals surface area contributed by atoms with Gasteiger partial charge >= 0.3 is 0 Å². The molecule has 1 aromatic rings.